The quantitative estimate of drug-likeness (QED) is 0.875. The number of hydrogen-bond donors (Lipinski definition) is 1. The van der Waals surface area contributed by atoms with Crippen LogP contribution in [0.3, 0.4) is 0 Å². The summed E-state index contributed by atoms with van der Waals surface area (Å²) in [5.74, 6) is 0.128. The Bertz CT molecular complexity index is 474. The summed E-state index contributed by atoms with van der Waals surface area (Å²) in [5, 5.41) is 10.8. The third kappa shape index (κ3) is 2.85. The molecule has 1 aliphatic heterocycles. The molecule has 2 atom stereocenters. The summed E-state index contributed by atoms with van der Waals surface area (Å²) >= 11 is 0. The van der Waals surface area contributed by atoms with Gasteiger partial charge in [0.1, 0.15) is 0 Å². The van der Waals surface area contributed by atoms with E-state index in [9.17, 15) is 5.11 Å². The minimum Gasteiger partial charge on any atom is -0.388 e. The van der Waals surface area contributed by atoms with Crippen molar-refractivity contribution < 1.29 is 9.84 Å². The lowest BCUT2D eigenvalue weighted by atomic mass is 9.79. The van der Waals surface area contributed by atoms with E-state index in [0.717, 1.165) is 17.5 Å². The van der Waals surface area contributed by atoms with Crippen molar-refractivity contribution in [2.75, 3.05) is 0 Å². The summed E-state index contributed by atoms with van der Waals surface area (Å²) in [6.07, 6.45) is 0.422. The van der Waals surface area contributed by atoms with Crippen LogP contribution in [0.25, 0.3) is 0 Å². The molecule has 1 aliphatic rings. The van der Waals surface area contributed by atoms with Crippen LogP contribution >= 0.6 is 0 Å². The highest BCUT2D eigenvalue weighted by Crippen LogP contribution is 2.48. The summed E-state index contributed by atoms with van der Waals surface area (Å²) in [4.78, 5) is 0. The van der Waals surface area contributed by atoms with Gasteiger partial charge < -0.3 is 9.84 Å². The summed E-state index contributed by atoms with van der Waals surface area (Å²) in [7, 11) is 0. The fourth-order valence-corrected chi connectivity index (χ4v) is 3.39. The molecule has 2 rings (SSSR count). The van der Waals surface area contributed by atoms with Crippen LogP contribution < -0.4 is 0 Å². The van der Waals surface area contributed by atoms with Crippen molar-refractivity contribution in [2.45, 2.75) is 65.3 Å². The van der Waals surface area contributed by atoms with Crippen molar-refractivity contribution in [3.63, 3.8) is 0 Å². The molecule has 1 aromatic carbocycles. The minimum absolute atomic E-state index is 0.128. The molecule has 19 heavy (non-hydrogen) atoms. The Morgan fingerprint density at radius 2 is 1.84 bits per heavy atom. The van der Waals surface area contributed by atoms with Crippen molar-refractivity contribution in [3.05, 3.63) is 34.9 Å². The Morgan fingerprint density at radius 1 is 1.21 bits per heavy atom. The van der Waals surface area contributed by atoms with Crippen LogP contribution in [0.1, 0.15) is 56.9 Å². The predicted octanol–water partition coefficient (Wildman–Crippen LogP) is 3.93. The Labute approximate surface area is 116 Å². The minimum atomic E-state index is -0.461. The van der Waals surface area contributed by atoms with Crippen molar-refractivity contribution in [3.8, 4) is 0 Å². The Kier molecular flexibility index (Phi) is 3.53. The Morgan fingerprint density at radius 3 is 2.37 bits per heavy atom. The van der Waals surface area contributed by atoms with Crippen molar-refractivity contribution in [1.29, 1.82) is 0 Å². The molecule has 0 saturated carbocycles. The van der Waals surface area contributed by atoms with Gasteiger partial charge in [0.05, 0.1) is 17.3 Å². The van der Waals surface area contributed by atoms with E-state index < -0.39 is 6.10 Å². The van der Waals surface area contributed by atoms with Crippen molar-refractivity contribution >= 4 is 0 Å². The maximum Gasteiger partial charge on any atom is 0.0849 e. The second-order valence-corrected chi connectivity index (χ2v) is 7.08. The number of benzene rings is 1. The summed E-state index contributed by atoms with van der Waals surface area (Å²) in [6, 6.07) is 6.27. The van der Waals surface area contributed by atoms with E-state index in [1.165, 1.54) is 5.56 Å². The van der Waals surface area contributed by atoms with Crippen LogP contribution in [-0.2, 0) is 4.74 Å². The Balaban J connectivity index is 2.34. The fourth-order valence-electron chi connectivity index (χ4n) is 3.39. The highest BCUT2D eigenvalue weighted by molar-refractivity contribution is 5.33. The van der Waals surface area contributed by atoms with Crippen LogP contribution in [0, 0.1) is 19.8 Å². The van der Waals surface area contributed by atoms with Gasteiger partial charge in [-0.2, -0.15) is 0 Å². The van der Waals surface area contributed by atoms with Gasteiger partial charge in [0.15, 0.2) is 0 Å². The standard InChI is InChI=1S/C17H26O2/c1-11-7-8-12(2)13(9-11)15(18)14-10-16(3,4)19-17(14,5)6/h7-9,14-15,18H,10H2,1-6H3. The number of rotatable bonds is 2. The smallest absolute Gasteiger partial charge is 0.0849 e. The van der Waals surface area contributed by atoms with E-state index in [1.807, 2.05) is 0 Å². The molecule has 0 aliphatic carbocycles. The van der Waals surface area contributed by atoms with E-state index >= 15 is 0 Å². The molecule has 1 aromatic rings. The third-order valence-electron chi connectivity index (χ3n) is 4.28. The fraction of sp³-hybridized carbons (Fsp3) is 0.647. The number of aliphatic hydroxyl groups excluding tert-OH is 1. The largest absolute Gasteiger partial charge is 0.388 e. The van der Waals surface area contributed by atoms with Crippen LogP contribution in [0.2, 0.25) is 0 Å². The molecule has 0 aromatic heterocycles. The van der Waals surface area contributed by atoms with Gasteiger partial charge in [-0.15, -0.1) is 0 Å². The molecular formula is C17H26O2. The second kappa shape index (κ2) is 4.60. The SMILES string of the molecule is Cc1ccc(C)c(C(O)C2CC(C)(C)OC2(C)C)c1. The van der Waals surface area contributed by atoms with Gasteiger partial charge in [0.2, 0.25) is 0 Å². The van der Waals surface area contributed by atoms with E-state index in [1.54, 1.807) is 0 Å². The van der Waals surface area contributed by atoms with Gasteiger partial charge in [-0.05, 0) is 59.1 Å². The monoisotopic (exact) mass is 262 g/mol. The maximum atomic E-state index is 10.8. The van der Waals surface area contributed by atoms with E-state index in [-0.39, 0.29) is 17.1 Å². The Hall–Kier alpha value is -0.860. The van der Waals surface area contributed by atoms with E-state index in [0.29, 0.717) is 0 Å². The van der Waals surface area contributed by atoms with Crippen LogP contribution in [-0.4, -0.2) is 16.3 Å². The van der Waals surface area contributed by atoms with Gasteiger partial charge >= 0.3 is 0 Å². The van der Waals surface area contributed by atoms with Gasteiger partial charge in [0.25, 0.3) is 0 Å². The molecule has 1 heterocycles. The lowest BCUT2D eigenvalue weighted by Crippen LogP contribution is -2.32. The van der Waals surface area contributed by atoms with Crippen LogP contribution in [0.15, 0.2) is 18.2 Å². The highest BCUT2D eigenvalue weighted by atomic mass is 16.5. The summed E-state index contributed by atoms with van der Waals surface area (Å²) in [6.45, 7) is 12.5. The van der Waals surface area contributed by atoms with Gasteiger partial charge in [0, 0.05) is 5.92 Å². The zero-order valence-corrected chi connectivity index (χ0v) is 12.9. The number of aliphatic hydroxyl groups is 1. The van der Waals surface area contributed by atoms with Crippen molar-refractivity contribution in [1.82, 2.24) is 0 Å². The highest BCUT2D eigenvalue weighted by Gasteiger charge is 2.49. The molecule has 2 heteroatoms. The molecular weight excluding hydrogens is 236 g/mol. The molecule has 106 valence electrons. The molecule has 0 bridgehead atoms. The normalized spacial score (nSPS) is 26.4. The molecule has 0 spiro atoms. The first-order valence-corrected chi connectivity index (χ1v) is 7.08. The lowest BCUT2D eigenvalue weighted by molar-refractivity contribution is -0.0880. The zero-order chi connectivity index (χ0) is 14.4. The first-order valence-electron chi connectivity index (χ1n) is 7.08. The molecule has 2 unspecified atom stereocenters. The average molecular weight is 262 g/mol. The molecule has 1 fully saturated rings. The van der Waals surface area contributed by atoms with Crippen molar-refractivity contribution in [2.24, 2.45) is 5.92 Å². The molecule has 2 nitrogen and oxygen atoms in total. The first kappa shape index (κ1) is 14.5. The van der Waals surface area contributed by atoms with E-state index in [2.05, 4.69) is 59.7 Å². The number of ether oxygens (including phenoxy) is 1. The first-order chi connectivity index (χ1) is 8.62. The zero-order valence-electron chi connectivity index (χ0n) is 12.9. The number of aryl methyl sites for hydroxylation is 2. The molecule has 0 amide bonds. The van der Waals surface area contributed by atoms with E-state index in [4.69, 9.17) is 4.74 Å². The van der Waals surface area contributed by atoms with Gasteiger partial charge in [-0.25, -0.2) is 0 Å². The third-order valence-corrected chi connectivity index (χ3v) is 4.28. The maximum absolute atomic E-state index is 10.8. The topological polar surface area (TPSA) is 29.5 Å². The van der Waals surface area contributed by atoms with Crippen LogP contribution in [0.4, 0.5) is 0 Å². The molecule has 1 N–H and O–H groups in total. The summed E-state index contributed by atoms with van der Waals surface area (Å²) < 4.78 is 6.10. The number of hydrogen-bond acceptors (Lipinski definition) is 2. The van der Waals surface area contributed by atoms with Gasteiger partial charge in [-0.1, -0.05) is 23.8 Å². The predicted molar refractivity (Wildman–Crippen MR) is 78.2 cm³/mol. The summed E-state index contributed by atoms with van der Waals surface area (Å²) in [5.41, 5.74) is 2.93. The average Bonchev–Trinajstić information content (AvgIpc) is 2.49. The van der Waals surface area contributed by atoms with Crippen LogP contribution in [0.5, 0.6) is 0 Å². The molecule has 0 radical (unpaired) electrons. The lowest BCUT2D eigenvalue weighted by Gasteiger charge is -2.31. The second-order valence-electron chi connectivity index (χ2n) is 7.08. The molecule has 1 saturated heterocycles. The van der Waals surface area contributed by atoms with Gasteiger partial charge in [-0.3, -0.25) is 0 Å².